The monoisotopic (exact) mass is 159 g/mol. The summed E-state index contributed by atoms with van der Waals surface area (Å²) in [6.45, 7) is 7.10. The van der Waals surface area contributed by atoms with E-state index in [2.05, 4.69) is 43.1 Å². The molecule has 2 rings (SSSR count). The number of hydrogen-bond donors (Lipinski definition) is 1. The van der Waals surface area contributed by atoms with Crippen LogP contribution in [0.15, 0.2) is 36.4 Å². The third-order valence-corrected chi connectivity index (χ3v) is 2.43. The maximum Gasteiger partial charge on any atom is 0.0379 e. The second kappa shape index (κ2) is 2.67. The number of nitrogens with one attached hydrogen (secondary N) is 1. The molecule has 0 aromatic heterocycles. The summed E-state index contributed by atoms with van der Waals surface area (Å²) in [5, 5.41) is 3.37. The lowest BCUT2D eigenvalue weighted by Crippen LogP contribution is -2.01. The van der Waals surface area contributed by atoms with Crippen LogP contribution in [0.2, 0.25) is 0 Å². The number of para-hydroxylation sites is 1. The first kappa shape index (κ1) is 7.41. The van der Waals surface area contributed by atoms with E-state index >= 15 is 0 Å². The SMILES string of the molecule is C=C(C)C1CNc2ccccc21. The van der Waals surface area contributed by atoms with Crippen LogP contribution in [0.4, 0.5) is 5.69 Å². The fraction of sp³-hybridized carbons (Fsp3) is 0.273. The van der Waals surface area contributed by atoms with Crippen molar-refractivity contribution >= 4 is 5.69 Å². The van der Waals surface area contributed by atoms with Crippen molar-refractivity contribution in [3.05, 3.63) is 42.0 Å². The van der Waals surface area contributed by atoms with Gasteiger partial charge in [-0.15, -0.1) is 0 Å². The normalized spacial score (nSPS) is 19.9. The minimum absolute atomic E-state index is 0.515. The van der Waals surface area contributed by atoms with Gasteiger partial charge in [-0.05, 0) is 18.6 Å². The predicted molar refractivity (Wildman–Crippen MR) is 52.5 cm³/mol. The summed E-state index contributed by atoms with van der Waals surface area (Å²) < 4.78 is 0. The van der Waals surface area contributed by atoms with Crippen molar-refractivity contribution in [2.24, 2.45) is 0 Å². The molecule has 0 saturated heterocycles. The molecule has 12 heavy (non-hydrogen) atoms. The van der Waals surface area contributed by atoms with E-state index < -0.39 is 0 Å². The Bertz CT molecular complexity index is 315. The van der Waals surface area contributed by atoms with Crippen molar-refractivity contribution in [1.29, 1.82) is 0 Å². The summed E-state index contributed by atoms with van der Waals surface area (Å²) in [7, 11) is 0. The first-order valence-corrected chi connectivity index (χ1v) is 4.27. The molecular weight excluding hydrogens is 146 g/mol. The van der Waals surface area contributed by atoms with Gasteiger partial charge in [-0.1, -0.05) is 30.4 Å². The molecule has 0 aliphatic carbocycles. The van der Waals surface area contributed by atoms with Gasteiger partial charge in [0.05, 0.1) is 0 Å². The third-order valence-electron chi connectivity index (χ3n) is 2.43. The fourth-order valence-corrected chi connectivity index (χ4v) is 1.72. The lowest BCUT2D eigenvalue weighted by Gasteiger charge is -2.08. The van der Waals surface area contributed by atoms with Crippen LogP contribution >= 0.6 is 0 Å². The van der Waals surface area contributed by atoms with E-state index in [0.717, 1.165) is 6.54 Å². The highest BCUT2D eigenvalue weighted by Gasteiger charge is 2.21. The largest absolute Gasteiger partial charge is 0.384 e. The van der Waals surface area contributed by atoms with Crippen molar-refractivity contribution in [3.63, 3.8) is 0 Å². The quantitative estimate of drug-likeness (QED) is 0.621. The molecule has 0 spiro atoms. The van der Waals surface area contributed by atoms with Gasteiger partial charge in [0, 0.05) is 18.2 Å². The second-order valence-corrected chi connectivity index (χ2v) is 3.37. The van der Waals surface area contributed by atoms with Crippen LogP contribution in [0.5, 0.6) is 0 Å². The second-order valence-electron chi connectivity index (χ2n) is 3.37. The molecule has 62 valence electrons. The number of hydrogen-bond acceptors (Lipinski definition) is 1. The van der Waals surface area contributed by atoms with Crippen LogP contribution < -0.4 is 5.32 Å². The van der Waals surface area contributed by atoms with E-state index in [-0.39, 0.29) is 0 Å². The summed E-state index contributed by atoms with van der Waals surface area (Å²) in [6.07, 6.45) is 0. The molecule has 1 aromatic rings. The Morgan fingerprint density at radius 2 is 2.25 bits per heavy atom. The fourth-order valence-electron chi connectivity index (χ4n) is 1.72. The number of benzene rings is 1. The predicted octanol–water partition coefficient (Wildman–Crippen LogP) is 2.77. The van der Waals surface area contributed by atoms with E-state index in [1.54, 1.807) is 0 Å². The van der Waals surface area contributed by atoms with E-state index in [0.29, 0.717) is 5.92 Å². The number of anilines is 1. The average molecular weight is 159 g/mol. The Labute approximate surface area is 73.1 Å². The van der Waals surface area contributed by atoms with Crippen molar-refractivity contribution < 1.29 is 0 Å². The Morgan fingerprint density at radius 1 is 1.50 bits per heavy atom. The average Bonchev–Trinajstić information content (AvgIpc) is 2.47. The van der Waals surface area contributed by atoms with Crippen molar-refractivity contribution in [2.45, 2.75) is 12.8 Å². The van der Waals surface area contributed by atoms with E-state index in [1.165, 1.54) is 16.8 Å². The first-order chi connectivity index (χ1) is 5.79. The molecule has 1 heteroatoms. The van der Waals surface area contributed by atoms with Crippen molar-refractivity contribution in [1.82, 2.24) is 0 Å². The Kier molecular flexibility index (Phi) is 1.65. The zero-order valence-electron chi connectivity index (χ0n) is 7.30. The van der Waals surface area contributed by atoms with Gasteiger partial charge in [0.25, 0.3) is 0 Å². The van der Waals surface area contributed by atoms with Gasteiger partial charge in [-0.3, -0.25) is 0 Å². The Morgan fingerprint density at radius 3 is 3.00 bits per heavy atom. The van der Waals surface area contributed by atoms with Crippen LogP contribution in [0.3, 0.4) is 0 Å². The molecule has 0 saturated carbocycles. The standard InChI is InChI=1S/C11H13N/c1-8(2)10-7-12-11-6-4-3-5-9(10)11/h3-6,10,12H,1,7H2,2H3. The lowest BCUT2D eigenvalue weighted by molar-refractivity contribution is 0.885. The third kappa shape index (κ3) is 1.02. The van der Waals surface area contributed by atoms with E-state index in [1.807, 2.05) is 0 Å². The highest BCUT2D eigenvalue weighted by Crippen LogP contribution is 2.34. The van der Waals surface area contributed by atoms with Crippen LogP contribution in [0.25, 0.3) is 0 Å². The van der Waals surface area contributed by atoms with Gasteiger partial charge in [0.1, 0.15) is 0 Å². The number of rotatable bonds is 1. The number of fused-ring (bicyclic) bond motifs is 1. The van der Waals surface area contributed by atoms with Gasteiger partial charge in [-0.2, -0.15) is 0 Å². The molecule has 1 heterocycles. The van der Waals surface area contributed by atoms with Gasteiger partial charge in [-0.25, -0.2) is 0 Å². The summed E-state index contributed by atoms with van der Waals surface area (Å²) in [5.74, 6) is 0.515. The smallest absolute Gasteiger partial charge is 0.0379 e. The molecule has 1 unspecified atom stereocenters. The van der Waals surface area contributed by atoms with Crippen LogP contribution in [-0.4, -0.2) is 6.54 Å². The maximum absolute atomic E-state index is 4.00. The molecule has 0 radical (unpaired) electrons. The Balaban J connectivity index is 2.42. The zero-order valence-corrected chi connectivity index (χ0v) is 7.30. The molecule has 1 nitrogen and oxygen atoms in total. The highest BCUT2D eigenvalue weighted by atomic mass is 14.9. The molecule has 0 bridgehead atoms. The highest BCUT2D eigenvalue weighted by molar-refractivity contribution is 5.59. The molecule has 1 atom stereocenters. The van der Waals surface area contributed by atoms with Gasteiger partial charge < -0.3 is 5.32 Å². The molecule has 1 aliphatic heterocycles. The summed E-state index contributed by atoms with van der Waals surface area (Å²) in [5.41, 5.74) is 3.91. The van der Waals surface area contributed by atoms with Gasteiger partial charge in [0.2, 0.25) is 0 Å². The van der Waals surface area contributed by atoms with Crippen molar-refractivity contribution in [2.75, 3.05) is 11.9 Å². The van der Waals surface area contributed by atoms with E-state index in [9.17, 15) is 0 Å². The van der Waals surface area contributed by atoms with Crippen molar-refractivity contribution in [3.8, 4) is 0 Å². The molecule has 1 aromatic carbocycles. The van der Waals surface area contributed by atoms with Gasteiger partial charge >= 0.3 is 0 Å². The molecule has 0 amide bonds. The molecular formula is C11H13N. The Hall–Kier alpha value is -1.24. The maximum atomic E-state index is 4.00. The lowest BCUT2D eigenvalue weighted by atomic mass is 9.95. The zero-order chi connectivity index (χ0) is 8.55. The van der Waals surface area contributed by atoms with Crippen LogP contribution in [-0.2, 0) is 0 Å². The summed E-state index contributed by atoms with van der Waals surface area (Å²) in [4.78, 5) is 0. The molecule has 1 aliphatic rings. The molecule has 1 N–H and O–H groups in total. The van der Waals surface area contributed by atoms with Crippen LogP contribution in [0.1, 0.15) is 18.4 Å². The van der Waals surface area contributed by atoms with E-state index in [4.69, 9.17) is 0 Å². The first-order valence-electron chi connectivity index (χ1n) is 4.27. The topological polar surface area (TPSA) is 12.0 Å². The molecule has 0 fully saturated rings. The minimum Gasteiger partial charge on any atom is -0.384 e. The van der Waals surface area contributed by atoms with Crippen LogP contribution in [0, 0.1) is 0 Å². The summed E-state index contributed by atoms with van der Waals surface area (Å²) in [6, 6.07) is 8.45. The van der Waals surface area contributed by atoms with Gasteiger partial charge in [0.15, 0.2) is 0 Å². The summed E-state index contributed by atoms with van der Waals surface area (Å²) >= 11 is 0. The minimum atomic E-state index is 0.515.